The fourth-order valence-electron chi connectivity index (χ4n) is 3.92. The first-order valence-electron chi connectivity index (χ1n) is 8.33. The van der Waals surface area contributed by atoms with E-state index < -0.39 is 0 Å². The van der Waals surface area contributed by atoms with Crippen LogP contribution in [-0.4, -0.2) is 42.5 Å². The lowest BCUT2D eigenvalue weighted by Crippen LogP contribution is -2.58. The quantitative estimate of drug-likeness (QED) is 0.699. The second-order valence-electron chi connectivity index (χ2n) is 6.90. The van der Waals surface area contributed by atoms with Crippen molar-refractivity contribution in [2.45, 2.75) is 64.5 Å². The van der Waals surface area contributed by atoms with Gasteiger partial charge in [0, 0.05) is 31.6 Å². The molecule has 1 saturated carbocycles. The van der Waals surface area contributed by atoms with Crippen molar-refractivity contribution in [3.05, 3.63) is 0 Å². The van der Waals surface area contributed by atoms with Gasteiger partial charge >= 0.3 is 0 Å². The highest BCUT2D eigenvalue weighted by atomic mass is 16.1. The number of carbonyl (C=O) groups excluding carboxylic acids is 1. The van der Waals surface area contributed by atoms with Crippen molar-refractivity contribution in [2.75, 3.05) is 19.6 Å². The summed E-state index contributed by atoms with van der Waals surface area (Å²) in [6.45, 7) is 8.17. The highest BCUT2D eigenvalue weighted by Gasteiger charge is 2.39. The van der Waals surface area contributed by atoms with Crippen LogP contribution in [0.4, 0.5) is 0 Å². The summed E-state index contributed by atoms with van der Waals surface area (Å²) < 4.78 is 0. The smallest absolute Gasteiger partial charge is 0.217 e. The molecule has 116 valence electrons. The third-order valence-corrected chi connectivity index (χ3v) is 5.06. The normalized spacial score (nSPS) is 30.6. The molecule has 1 amide bonds. The molecule has 1 saturated heterocycles. The Hall–Kier alpha value is -0.610. The Bertz CT molecular complexity index is 305. The van der Waals surface area contributed by atoms with E-state index in [9.17, 15) is 4.79 Å². The number of piperidine rings is 1. The summed E-state index contributed by atoms with van der Waals surface area (Å²) in [5.74, 6) is 1.47. The van der Waals surface area contributed by atoms with Gasteiger partial charge in [0.05, 0.1) is 0 Å². The van der Waals surface area contributed by atoms with Crippen molar-refractivity contribution in [3.63, 3.8) is 0 Å². The fourth-order valence-corrected chi connectivity index (χ4v) is 3.92. The molecular weight excluding hydrogens is 250 g/mol. The van der Waals surface area contributed by atoms with Gasteiger partial charge in [-0.15, -0.1) is 0 Å². The number of nitrogens with one attached hydrogen (secondary N) is 1. The summed E-state index contributed by atoms with van der Waals surface area (Å²) in [6, 6.07) is 1.38. The van der Waals surface area contributed by atoms with Crippen LogP contribution in [0.1, 0.15) is 52.4 Å². The minimum atomic E-state index is -0.174. The highest BCUT2D eigenvalue weighted by molar-refractivity contribution is 5.73. The van der Waals surface area contributed by atoms with Crippen molar-refractivity contribution >= 4 is 5.91 Å². The number of fused-ring (bicyclic) bond motifs is 2. The van der Waals surface area contributed by atoms with Crippen molar-refractivity contribution in [2.24, 2.45) is 17.6 Å². The standard InChI is InChI=1S/C16H31N3O/c1-12(2)19-10-13-6-5-7-14(11-19)16(13)18-9-4-3-8-15(17)20/h12-14,16,18H,3-11H2,1-2H3,(H2,17,20). The molecule has 0 aromatic carbocycles. The number of rotatable bonds is 7. The van der Waals surface area contributed by atoms with Crippen LogP contribution in [-0.2, 0) is 4.79 Å². The van der Waals surface area contributed by atoms with Crippen molar-refractivity contribution in [3.8, 4) is 0 Å². The Labute approximate surface area is 123 Å². The van der Waals surface area contributed by atoms with Crippen LogP contribution in [0.15, 0.2) is 0 Å². The van der Waals surface area contributed by atoms with E-state index in [4.69, 9.17) is 5.73 Å². The minimum Gasteiger partial charge on any atom is -0.370 e. The maximum Gasteiger partial charge on any atom is 0.217 e. The SMILES string of the molecule is CC(C)N1CC2CCCC(C1)C2NCCCCC(N)=O. The van der Waals surface area contributed by atoms with Crippen molar-refractivity contribution < 1.29 is 4.79 Å². The van der Waals surface area contributed by atoms with Gasteiger partial charge in [-0.25, -0.2) is 0 Å². The van der Waals surface area contributed by atoms with Crippen LogP contribution in [0, 0.1) is 11.8 Å². The van der Waals surface area contributed by atoms with Crippen LogP contribution in [0.25, 0.3) is 0 Å². The van der Waals surface area contributed by atoms with Crippen LogP contribution in [0.5, 0.6) is 0 Å². The van der Waals surface area contributed by atoms with E-state index in [1.165, 1.54) is 32.4 Å². The molecule has 1 aliphatic heterocycles. The van der Waals surface area contributed by atoms with Gasteiger partial charge in [-0.05, 0) is 57.9 Å². The molecule has 1 heterocycles. The van der Waals surface area contributed by atoms with E-state index in [0.717, 1.165) is 31.2 Å². The second-order valence-corrected chi connectivity index (χ2v) is 6.90. The number of nitrogens with two attached hydrogens (primary N) is 1. The molecule has 0 spiro atoms. The van der Waals surface area contributed by atoms with E-state index >= 15 is 0 Å². The minimum absolute atomic E-state index is 0.174. The zero-order chi connectivity index (χ0) is 14.5. The number of carbonyl (C=O) groups is 1. The first kappa shape index (κ1) is 15.8. The molecule has 4 nitrogen and oxygen atoms in total. The molecule has 2 aliphatic rings. The van der Waals surface area contributed by atoms with Gasteiger partial charge in [0.1, 0.15) is 0 Å². The topological polar surface area (TPSA) is 58.4 Å². The van der Waals surface area contributed by atoms with Crippen LogP contribution in [0.3, 0.4) is 0 Å². The van der Waals surface area contributed by atoms with E-state index in [-0.39, 0.29) is 5.91 Å². The van der Waals surface area contributed by atoms with Crippen LogP contribution in [0.2, 0.25) is 0 Å². The number of nitrogens with zero attached hydrogens (tertiary/aromatic N) is 1. The highest BCUT2D eigenvalue weighted by Crippen LogP contribution is 2.35. The van der Waals surface area contributed by atoms with Gasteiger partial charge < -0.3 is 16.0 Å². The summed E-state index contributed by atoms with van der Waals surface area (Å²) >= 11 is 0. The number of primary amides is 1. The molecule has 0 radical (unpaired) electrons. The van der Waals surface area contributed by atoms with Crippen LogP contribution < -0.4 is 11.1 Å². The lowest BCUT2D eigenvalue weighted by Gasteiger charge is -2.49. The molecule has 0 aromatic rings. The first-order valence-corrected chi connectivity index (χ1v) is 8.33. The molecule has 1 aliphatic carbocycles. The third-order valence-electron chi connectivity index (χ3n) is 5.06. The van der Waals surface area contributed by atoms with E-state index in [1.807, 2.05) is 0 Å². The molecule has 2 bridgehead atoms. The maximum atomic E-state index is 10.7. The molecule has 4 heteroatoms. The molecule has 20 heavy (non-hydrogen) atoms. The largest absolute Gasteiger partial charge is 0.370 e. The third kappa shape index (κ3) is 4.19. The zero-order valence-corrected chi connectivity index (χ0v) is 13.1. The molecule has 0 aromatic heterocycles. The zero-order valence-electron chi connectivity index (χ0n) is 13.1. The summed E-state index contributed by atoms with van der Waals surface area (Å²) in [7, 11) is 0. The molecule has 2 fully saturated rings. The van der Waals surface area contributed by atoms with Gasteiger partial charge in [-0.3, -0.25) is 4.79 Å². The number of unbranched alkanes of at least 4 members (excludes halogenated alkanes) is 1. The predicted molar refractivity (Wildman–Crippen MR) is 82.4 cm³/mol. The van der Waals surface area contributed by atoms with Gasteiger partial charge in [-0.1, -0.05) is 6.42 Å². The van der Waals surface area contributed by atoms with Gasteiger partial charge in [-0.2, -0.15) is 0 Å². The number of amides is 1. The molecular formula is C16H31N3O. The summed E-state index contributed by atoms with van der Waals surface area (Å²) in [6.07, 6.45) is 6.66. The number of likely N-dealkylation sites (tertiary alicyclic amines) is 1. The summed E-state index contributed by atoms with van der Waals surface area (Å²) in [4.78, 5) is 13.4. The molecule has 2 atom stereocenters. The Morgan fingerprint density at radius 3 is 2.45 bits per heavy atom. The summed E-state index contributed by atoms with van der Waals surface area (Å²) in [5.41, 5.74) is 5.17. The van der Waals surface area contributed by atoms with Gasteiger partial charge in [0.15, 0.2) is 0 Å². The monoisotopic (exact) mass is 281 g/mol. The second kappa shape index (κ2) is 7.41. The van der Waals surface area contributed by atoms with E-state index in [0.29, 0.717) is 18.5 Å². The molecule has 3 N–H and O–H groups in total. The summed E-state index contributed by atoms with van der Waals surface area (Å²) in [5, 5.41) is 3.78. The van der Waals surface area contributed by atoms with Crippen LogP contribution >= 0.6 is 0 Å². The average Bonchev–Trinajstić information content (AvgIpc) is 2.36. The van der Waals surface area contributed by atoms with Crippen molar-refractivity contribution in [1.29, 1.82) is 0 Å². The van der Waals surface area contributed by atoms with E-state index in [1.54, 1.807) is 0 Å². The lowest BCUT2D eigenvalue weighted by atomic mass is 9.73. The first-order chi connectivity index (χ1) is 9.58. The Morgan fingerprint density at radius 1 is 1.25 bits per heavy atom. The Kier molecular flexibility index (Phi) is 5.85. The number of hydrogen-bond acceptors (Lipinski definition) is 3. The van der Waals surface area contributed by atoms with E-state index in [2.05, 4.69) is 24.1 Å². The maximum absolute atomic E-state index is 10.7. The molecule has 2 rings (SSSR count). The van der Waals surface area contributed by atoms with Crippen molar-refractivity contribution in [1.82, 2.24) is 10.2 Å². The van der Waals surface area contributed by atoms with Gasteiger partial charge in [0.25, 0.3) is 0 Å². The Morgan fingerprint density at radius 2 is 1.90 bits per heavy atom. The lowest BCUT2D eigenvalue weighted by molar-refractivity contribution is -0.118. The average molecular weight is 281 g/mol. The predicted octanol–water partition coefficient (Wildman–Crippen LogP) is 1.74. The van der Waals surface area contributed by atoms with Gasteiger partial charge in [0.2, 0.25) is 5.91 Å². The fraction of sp³-hybridized carbons (Fsp3) is 0.938. The number of hydrogen-bond donors (Lipinski definition) is 2. The molecule has 2 unspecified atom stereocenters. The Balaban J connectivity index is 1.76.